The van der Waals surface area contributed by atoms with Crippen LogP contribution in [-0.2, 0) is 4.79 Å². The van der Waals surface area contributed by atoms with Crippen molar-refractivity contribution < 1.29 is 14.7 Å². The molecular weight excluding hydrogens is 236 g/mol. The second-order valence-corrected chi connectivity index (χ2v) is 4.42. The summed E-state index contributed by atoms with van der Waals surface area (Å²) in [5.74, 6) is -0.323. The molecule has 0 bridgehead atoms. The molecular formula is C11H16N4O3. The van der Waals surface area contributed by atoms with E-state index in [-0.39, 0.29) is 6.04 Å². The van der Waals surface area contributed by atoms with Gasteiger partial charge in [-0.25, -0.2) is 14.6 Å². The summed E-state index contributed by atoms with van der Waals surface area (Å²) in [6.07, 6.45) is 4.91. The van der Waals surface area contributed by atoms with Gasteiger partial charge >= 0.3 is 12.0 Å². The number of amides is 2. The Morgan fingerprint density at radius 3 is 2.78 bits per heavy atom. The summed E-state index contributed by atoms with van der Waals surface area (Å²) in [5.41, 5.74) is -1.06. The van der Waals surface area contributed by atoms with Crippen molar-refractivity contribution in [1.82, 2.24) is 20.6 Å². The number of aliphatic carboxylic acids is 1. The highest BCUT2D eigenvalue weighted by Crippen LogP contribution is 2.35. The topological polar surface area (TPSA) is 107 Å². The number of hydrogen-bond donors (Lipinski definition) is 4. The summed E-state index contributed by atoms with van der Waals surface area (Å²) in [4.78, 5) is 29.7. The van der Waals surface area contributed by atoms with Crippen LogP contribution >= 0.6 is 0 Å². The molecule has 4 N–H and O–H groups in total. The van der Waals surface area contributed by atoms with Crippen LogP contribution in [0.5, 0.6) is 0 Å². The van der Waals surface area contributed by atoms with E-state index in [1.807, 2.05) is 6.92 Å². The van der Waals surface area contributed by atoms with Crippen molar-refractivity contribution in [3.05, 3.63) is 18.2 Å². The molecule has 1 atom stereocenters. The first-order chi connectivity index (χ1) is 8.57. The van der Waals surface area contributed by atoms with Crippen molar-refractivity contribution in [3.63, 3.8) is 0 Å². The van der Waals surface area contributed by atoms with Gasteiger partial charge in [0.1, 0.15) is 11.4 Å². The summed E-state index contributed by atoms with van der Waals surface area (Å²) < 4.78 is 0. The van der Waals surface area contributed by atoms with E-state index in [0.717, 1.165) is 0 Å². The largest absolute Gasteiger partial charge is 0.480 e. The molecule has 1 unspecified atom stereocenters. The number of H-pyrrole nitrogens is 1. The highest BCUT2D eigenvalue weighted by molar-refractivity contribution is 5.89. The zero-order valence-electron chi connectivity index (χ0n) is 10.1. The van der Waals surface area contributed by atoms with Gasteiger partial charge in [0.25, 0.3) is 0 Å². The van der Waals surface area contributed by atoms with Crippen molar-refractivity contribution >= 4 is 12.0 Å². The summed E-state index contributed by atoms with van der Waals surface area (Å²) in [6, 6.07) is -0.720. The Hall–Kier alpha value is -2.05. The third kappa shape index (κ3) is 2.44. The first-order valence-electron chi connectivity index (χ1n) is 5.89. The number of nitrogens with zero attached hydrogens (tertiary/aromatic N) is 1. The van der Waals surface area contributed by atoms with Crippen LogP contribution in [-0.4, -0.2) is 32.6 Å². The van der Waals surface area contributed by atoms with E-state index in [1.165, 1.54) is 0 Å². The van der Waals surface area contributed by atoms with Crippen LogP contribution in [0.25, 0.3) is 0 Å². The molecule has 7 heteroatoms. The molecule has 1 aliphatic carbocycles. The Balaban J connectivity index is 1.93. The highest BCUT2D eigenvalue weighted by Gasteiger charge is 2.51. The Labute approximate surface area is 104 Å². The fourth-order valence-corrected chi connectivity index (χ4v) is 1.76. The number of carbonyl (C=O) groups excluding carboxylic acids is 1. The van der Waals surface area contributed by atoms with Crippen molar-refractivity contribution in [2.45, 2.75) is 37.8 Å². The predicted octanol–water partition coefficient (Wildman–Crippen LogP) is 0.777. The highest BCUT2D eigenvalue weighted by atomic mass is 16.4. The van der Waals surface area contributed by atoms with Crippen LogP contribution < -0.4 is 10.6 Å². The maximum atomic E-state index is 11.7. The first-order valence-corrected chi connectivity index (χ1v) is 5.89. The van der Waals surface area contributed by atoms with Crippen molar-refractivity contribution in [2.75, 3.05) is 0 Å². The lowest BCUT2D eigenvalue weighted by atomic mass is 10.2. The second-order valence-electron chi connectivity index (χ2n) is 4.42. The van der Waals surface area contributed by atoms with E-state index in [9.17, 15) is 9.59 Å². The number of nitrogens with one attached hydrogen (secondary N) is 3. The number of hydrogen-bond acceptors (Lipinski definition) is 3. The number of carboxylic acids is 1. The average molecular weight is 252 g/mol. The van der Waals surface area contributed by atoms with Gasteiger partial charge in [-0.05, 0) is 19.3 Å². The van der Waals surface area contributed by atoms with Gasteiger partial charge in [-0.2, -0.15) is 0 Å². The summed E-state index contributed by atoms with van der Waals surface area (Å²) in [5, 5.41) is 14.2. The van der Waals surface area contributed by atoms with Gasteiger partial charge in [0.15, 0.2) is 0 Å². The van der Waals surface area contributed by atoms with E-state index in [2.05, 4.69) is 20.6 Å². The molecule has 7 nitrogen and oxygen atoms in total. The van der Waals surface area contributed by atoms with Gasteiger partial charge in [0.05, 0.1) is 6.04 Å². The smallest absolute Gasteiger partial charge is 0.329 e. The molecule has 98 valence electrons. The second kappa shape index (κ2) is 4.67. The van der Waals surface area contributed by atoms with Crippen LogP contribution in [0.4, 0.5) is 4.79 Å². The molecule has 0 spiro atoms. The van der Waals surface area contributed by atoms with Gasteiger partial charge in [-0.1, -0.05) is 6.92 Å². The molecule has 2 rings (SSSR count). The van der Waals surface area contributed by atoms with Gasteiger partial charge < -0.3 is 20.7 Å². The van der Waals surface area contributed by atoms with Crippen molar-refractivity contribution in [3.8, 4) is 0 Å². The lowest BCUT2D eigenvalue weighted by Crippen LogP contribution is -2.48. The maximum absolute atomic E-state index is 11.7. The zero-order valence-corrected chi connectivity index (χ0v) is 10.1. The molecule has 0 radical (unpaired) electrons. The number of carboxylic acid groups (broad SMARTS) is 1. The van der Waals surface area contributed by atoms with E-state index < -0.39 is 17.5 Å². The first kappa shape index (κ1) is 12.4. The SMILES string of the molecule is CCC(NC(=O)NC1(C(=O)O)CC1)c1ncc[nH]1. The number of aromatic nitrogens is 2. The molecule has 0 aliphatic heterocycles. The van der Waals surface area contributed by atoms with Gasteiger partial charge in [0, 0.05) is 12.4 Å². The number of rotatable bonds is 5. The summed E-state index contributed by atoms with van der Waals surface area (Å²) >= 11 is 0. The molecule has 2 amide bonds. The Kier molecular flexibility index (Phi) is 3.22. The van der Waals surface area contributed by atoms with Gasteiger partial charge in [0.2, 0.25) is 0 Å². The monoisotopic (exact) mass is 252 g/mol. The third-order valence-electron chi connectivity index (χ3n) is 3.08. The third-order valence-corrected chi connectivity index (χ3v) is 3.08. The Morgan fingerprint density at radius 1 is 1.61 bits per heavy atom. The summed E-state index contributed by atoms with van der Waals surface area (Å²) in [7, 11) is 0. The molecule has 0 aromatic carbocycles. The fourth-order valence-electron chi connectivity index (χ4n) is 1.76. The van der Waals surface area contributed by atoms with E-state index in [1.54, 1.807) is 12.4 Å². The van der Waals surface area contributed by atoms with Gasteiger partial charge in [-0.3, -0.25) is 0 Å². The number of carbonyl (C=O) groups is 2. The number of aromatic amines is 1. The molecule has 1 fully saturated rings. The quantitative estimate of drug-likeness (QED) is 0.621. The Morgan fingerprint density at radius 2 is 2.33 bits per heavy atom. The summed E-state index contributed by atoms with van der Waals surface area (Å²) in [6.45, 7) is 1.91. The Bertz CT molecular complexity index is 439. The van der Waals surface area contributed by atoms with Crippen molar-refractivity contribution in [2.24, 2.45) is 0 Å². The fraction of sp³-hybridized carbons (Fsp3) is 0.545. The van der Waals surface area contributed by atoms with Crippen LogP contribution in [0.1, 0.15) is 38.1 Å². The number of urea groups is 1. The predicted molar refractivity (Wildman–Crippen MR) is 62.9 cm³/mol. The minimum Gasteiger partial charge on any atom is -0.480 e. The van der Waals surface area contributed by atoms with Crippen LogP contribution in [0.15, 0.2) is 12.4 Å². The maximum Gasteiger partial charge on any atom is 0.329 e. The average Bonchev–Trinajstić information content (AvgIpc) is 2.92. The molecule has 1 aromatic rings. The molecule has 1 aromatic heterocycles. The van der Waals surface area contributed by atoms with E-state index >= 15 is 0 Å². The molecule has 0 saturated heterocycles. The zero-order chi connectivity index (χ0) is 13.2. The molecule has 1 saturated carbocycles. The van der Waals surface area contributed by atoms with Crippen LogP contribution in [0.2, 0.25) is 0 Å². The number of imidazole rings is 1. The lowest BCUT2D eigenvalue weighted by molar-refractivity contribution is -0.140. The normalized spacial score (nSPS) is 17.8. The van der Waals surface area contributed by atoms with Crippen LogP contribution in [0.3, 0.4) is 0 Å². The minimum absolute atomic E-state index is 0.246. The van der Waals surface area contributed by atoms with E-state index in [0.29, 0.717) is 25.1 Å². The van der Waals surface area contributed by atoms with Crippen molar-refractivity contribution in [1.29, 1.82) is 0 Å². The molecule has 18 heavy (non-hydrogen) atoms. The standard InChI is InChI=1S/C11H16N4O3/c1-2-7(8-12-5-6-13-8)14-10(18)15-11(3-4-11)9(16)17/h5-7H,2-4H2,1H3,(H,12,13)(H,16,17)(H2,14,15,18). The molecule has 1 aliphatic rings. The van der Waals surface area contributed by atoms with Gasteiger partial charge in [-0.15, -0.1) is 0 Å². The lowest BCUT2D eigenvalue weighted by Gasteiger charge is -2.18. The van der Waals surface area contributed by atoms with Crippen LogP contribution in [0, 0.1) is 0 Å². The minimum atomic E-state index is -1.06. The van der Waals surface area contributed by atoms with E-state index in [4.69, 9.17) is 5.11 Å². The molecule has 1 heterocycles.